The van der Waals surface area contributed by atoms with Gasteiger partial charge in [-0.15, -0.1) is 10.2 Å². The Morgan fingerprint density at radius 3 is 2.77 bits per heavy atom. The molecule has 0 fully saturated rings. The average Bonchev–Trinajstić information content (AvgIpc) is 2.99. The lowest BCUT2D eigenvalue weighted by molar-refractivity contribution is -0.133. The van der Waals surface area contributed by atoms with E-state index in [2.05, 4.69) is 42.8 Å². The fourth-order valence-corrected chi connectivity index (χ4v) is 2.99. The molecule has 0 N–H and O–H groups in total. The molecule has 136 valence electrons. The molecule has 0 saturated heterocycles. The van der Waals surface area contributed by atoms with Crippen molar-refractivity contribution in [3.8, 4) is 11.8 Å². The third kappa shape index (κ3) is 4.64. The van der Waals surface area contributed by atoms with E-state index in [1.54, 1.807) is 0 Å². The van der Waals surface area contributed by atoms with E-state index in [9.17, 15) is 4.79 Å². The highest BCUT2D eigenvalue weighted by Gasteiger charge is 2.24. The van der Waals surface area contributed by atoms with Gasteiger partial charge in [0, 0.05) is 30.1 Å². The number of nitrogens with zero attached hydrogens (tertiary/aromatic N) is 4. The lowest BCUT2D eigenvalue weighted by atomic mass is 9.90. The van der Waals surface area contributed by atoms with Gasteiger partial charge in [-0.05, 0) is 36.0 Å². The highest BCUT2D eigenvalue weighted by atomic mass is 35.5. The van der Waals surface area contributed by atoms with Crippen LogP contribution in [-0.4, -0.2) is 32.1 Å². The van der Waals surface area contributed by atoms with Gasteiger partial charge in [0.1, 0.15) is 0 Å². The summed E-state index contributed by atoms with van der Waals surface area (Å²) >= 11 is 5.98. The molecule has 2 heterocycles. The molecule has 6 heteroatoms. The topological polar surface area (TPSA) is 51.0 Å². The molecule has 0 radical (unpaired) electrons. The van der Waals surface area contributed by atoms with Gasteiger partial charge < -0.3 is 9.47 Å². The number of rotatable bonds is 2. The van der Waals surface area contributed by atoms with E-state index in [-0.39, 0.29) is 11.3 Å². The van der Waals surface area contributed by atoms with Gasteiger partial charge in [0.25, 0.3) is 0 Å². The minimum Gasteiger partial charge on any atom is -0.333 e. The zero-order valence-corrected chi connectivity index (χ0v) is 16.2. The maximum absolute atomic E-state index is 12.4. The molecule has 1 aromatic carbocycles. The highest BCUT2D eigenvalue weighted by molar-refractivity contribution is 6.30. The van der Waals surface area contributed by atoms with Gasteiger partial charge in [0.15, 0.2) is 5.82 Å². The summed E-state index contributed by atoms with van der Waals surface area (Å²) in [5, 5.41) is 9.06. The van der Waals surface area contributed by atoms with Crippen LogP contribution in [0.2, 0.25) is 5.02 Å². The number of aromatic nitrogens is 3. The molecule has 26 heavy (non-hydrogen) atoms. The van der Waals surface area contributed by atoms with Crippen LogP contribution in [0.3, 0.4) is 0 Å². The van der Waals surface area contributed by atoms with Gasteiger partial charge in [-0.25, -0.2) is 0 Å². The summed E-state index contributed by atoms with van der Waals surface area (Å²) in [7, 11) is 0. The first-order valence-corrected chi connectivity index (χ1v) is 9.17. The number of hydrogen-bond acceptors (Lipinski definition) is 3. The van der Waals surface area contributed by atoms with Crippen molar-refractivity contribution in [3.05, 3.63) is 46.5 Å². The van der Waals surface area contributed by atoms with Crippen LogP contribution in [0.25, 0.3) is 0 Å². The molecular weight excluding hydrogens is 348 g/mol. The quantitative estimate of drug-likeness (QED) is 0.760. The van der Waals surface area contributed by atoms with Crippen molar-refractivity contribution in [1.82, 2.24) is 19.7 Å². The van der Waals surface area contributed by atoms with E-state index in [1.807, 2.05) is 33.7 Å². The first-order valence-electron chi connectivity index (χ1n) is 8.79. The number of carbonyl (C=O) groups excluding carboxylic acids is 1. The zero-order valence-electron chi connectivity index (χ0n) is 15.4. The first kappa shape index (κ1) is 18.5. The molecule has 0 saturated carbocycles. The molecule has 2 aromatic rings. The van der Waals surface area contributed by atoms with E-state index >= 15 is 0 Å². The number of halogens is 1. The minimum absolute atomic E-state index is 0.161. The summed E-state index contributed by atoms with van der Waals surface area (Å²) in [5.41, 5.74) is 0.999. The lowest BCUT2D eigenvalue weighted by Gasteiger charge is -2.28. The Hall–Kier alpha value is -2.32. The number of amides is 1. The zero-order chi connectivity index (χ0) is 18.7. The minimum atomic E-state index is 0.161. The number of benzene rings is 1. The van der Waals surface area contributed by atoms with Gasteiger partial charge in [0.05, 0.1) is 6.54 Å². The van der Waals surface area contributed by atoms with E-state index in [4.69, 9.17) is 11.6 Å². The fraction of sp³-hybridized carbons (Fsp3) is 0.450. The predicted molar refractivity (Wildman–Crippen MR) is 102 cm³/mol. The maximum Gasteiger partial charge on any atom is 0.223 e. The van der Waals surface area contributed by atoms with Crippen molar-refractivity contribution in [2.24, 2.45) is 5.41 Å². The second kappa shape index (κ2) is 7.51. The van der Waals surface area contributed by atoms with Crippen LogP contribution < -0.4 is 0 Å². The molecule has 1 aromatic heterocycles. The normalized spacial score (nSPS) is 13.8. The molecule has 1 aliphatic rings. The standard InChI is InChI=1S/C20H23ClN4O/c1-20(2,3)10-9-19(26)24-11-12-25-17(22-23-18(25)14-24)8-7-15-5-4-6-16(21)13-15/h4-6,13H,9-12,14H2,1-3H3. The molecule has 1 amide bonds. The van der Waals surface area contributed by atoms with Crippen molar-refractivity contribution in [3.63, 3.8) is 0 Å². The van der Waals surface area contributed by atoms with Crippen LogP contribution in [-0.2, 0) is 17.9 Å². The summed E-state index contributed by atoms with van der Waals surface area (Å²) in [6.45, 7) is 8.28. The smallest absolute Gasteiger partial charge is 0.223 e. The Kier molecular flexibility index (Phi) is 5.33. The molecule has 1 aliphatic heterocycles. The van der Waals surface area contributed by atoms with Crippen LogP contribution in [0.5, 0.6) is 0 Å². The molecule has 0 aliphatic carbocycles. The predicted octanol–water partition coefficient (Wildman–Crippen LogP) is 3.50. The second-order valence-corrected chi connectivity index (χ2v) is 8.16. The molecule has 0 atom stereocenters. The van der Waals surface area contributed by atoms with Crippen LogP contribution in [0.4, 0.5) is 0 Å². The Bertz CT molecular complexity index is 870. The Labute approximate surface area is 159 Å². The van der Waals surface area contributed by atoms with Crippen molar-refractivity contribution < 1.29 is 4.79 Å². The Balaban J connectivity index is 1.68. The molecule has 0 spiro atoms. The van der Waals surface area contributed by atoms with Gasteiger partial charge in [-0.2, -0.15) is 0 Å². The first-order chi connectivity index (χ1) is 12.3. The summed E-state index contributed by atoms with van der Waals surface area (Å²) < 4.78 is 1.99. The highest BCUT2D eigenvalue weighted by Crippen LogP contribution is 2.22. The summed E-state index contributed by atoms with van der Waals surface area (Å²) in [6, 6.07) is 7.41. The van der Waals surface area contributed by atoms with E-state index in [0.29, 0.717) is 36.9 Å². The largest absolute Gasteiger partial charge is 0.333 e. The third-order valence-corrected chi connectivity index (χ3v) is 4.57. The molecule has 0 unspecified atom stereocenters. The van der Waals surface area contributed by atoms with Gasteiger partial charge >= 0.3 is 0 Å². The lowest BCUT2D eigenvalue weighted by Crippen LogP contribution is -2.38. The van der Waals surface area contributed by atoms with Gasteiger partial charge in [-0.1, -0.05) is 44.4 Å². The number of carbonyl (C=O) groups is 1. The van der Waals surface area contributed by atoms with Gasteiger partial charge in [-0.3, -0.25) is 4.79 Å². The molecule has 5 nitrogen and oxygen atoms in total. The van der Waals surface area contributed by atoms with E-state index in [1.165, 1.54) is 0 Å². The van der Waals surface area contributed by atoms with Crippen LogP contribution in [0.1, 0.15) is 50.8 Å². The second-order valence-electron chi connectivity index (χ2n) is 7.73. The average molecular weight is 371 g/mol. The van der Waals surface area contributed by atoms with Crippen molar-refractivity contribution in [2.45, 2.75) is 46.7 Å². The molecular formula is C20H23ClN4O. The monoisotopic (exact) mass is 370 g/mol. The summed E-state index contributed by atoms with van der Waals surface area (Å²) in [4.78, 5) is 14.3. The van der Waals surface area contributed by atoms with E-state index in [0.717, 1.165) is 17.8 Å². The van der Waals surface area contributed by atoms with Crippen LogP contribution in [0.15, 0.2) is 24.3 Å². The molecule has 3 rings (SSSR count). The molecule has 0 bridgehead atoms. The van der Waals surface area contributed by atoms with Crippen LogP contribution >= 0.6 is 11.6 Å². The third-order valence-electron chi connectivity index (χ3n) is 4.34. The summed E-state index contributed by atoms with van der Waals surface area (Å²) in [5.74, 6) is 7.73. The maximum atomic E-state index is 12.4. The van der Waals surface area contributed by atoms with Gasteiger partial charge in [0.2, 0.25) is 11.7 Å². The number of hydrogen-bond donors (Lipinski definition) is 0. The van der Waals surface area contributed by atoms with Crippen molar-refractivity contribution in [1.29, 1.82) is 0 Å². The number of fused-ring (bicyclic) bond motifs is 1. The Morgan fingerprint density at radius 2 is 2.04 bits per heavy atom. The SMILES string of the molecule is CC(C)(C)CCC(=O)N1CCn2c(C#Cc3cccc(Cl)c3)nnc2C1. The van der Waals surface area contributed by atoms with Crippen molar-refractivity contribution in [2.75, 3.05) is 6.54 Å². The van der Waals surface area contributed by atoms with E-state index < -0.39 is 0 Å². The summed E-state index contributed by atoms with van der Waals surface area (Å²) in [6.07, 6.45) is 1.45. The Morgan fingerprint density at radius 1 is 1.23 bits per heavy atom. The fourth-order valence-electron chi connectivity index (χ4n) is 2.80. The van der Waals surface area contributed by atoms with Crippen LogP contribution in [0, 0.1) is 17.3 Å². The van der Waals surface area contributed by atoms with Crippen molar-refractivity contribution >= 4 is 17.5 Å².